The van der Waals surface area contributed by atoms with Gasteiger partial charge in [0.05, 0.1) is 10.7 Å². The number of hydrogen-bond donors (Lipinski definition) is 0. The van der Waals surface area contributed by atoms with Crippen LogP contribution in [0, 0.1) is 6.92 Å². The molecule has 1 amide bonds. The third-order valence-corrected chi connectivity index (χ3v) is 7.22. The predicted molar refractivity (Wildman–Crippen MR) is 127 cm³/mol. The first-order chi connectivity index (χ1) is 14.6. The Labute approximate surface area is 186 Å². The fraction of sp³-hybridized carbons (Fsp3) is 0.333. The Kier molecular flexibility index (Phi) is 6.75. The number of anilines is 1. The number of rotatable bonds is 7. The minimum atomic E-state index is 0.0536. The van der Waals surface area contributed by atoms with E-state index in [0.717, 1.165) is 40.0 Å². The summed E-state index contributed by atoms with van der Waals surface area (Å²) < 4.78 is 0. The first kappa shape index (κ1) is 20.9. The molecule has 0 N–H and O–H groups in total. The number of carbonyl (C=O) groups is 1. The average Bonchev–Trinajstić information content (AvgIpc) is 3.44. The Morgan fingerprint density at radius 2 is 1.87 bits per heavy atom. The van der Waals surface area contributed by atoms with Gasteiger partial charge in [0.15, 0.2) is 0 Å². The minimum absolute atomic E-state index is 0.0536. The summed E-state index contributed by atoms with van der Waals surface area (Å²) in [5.41, 5.74) is 4.31. The average molecular weight is 438 g/mol. The fourth-order valence-electron chi connectivity index (χ4n) is 3.78. The van der Waals surface area contributed by atoms with Crippen molar-refractivity contribution in [3.05, 3.63) is 75.7 Å². The molecule has 6 heteroatoms. The lowest BCUT2D eigenvalue weighted by Crippen LogP contribution is -2.28. The lowest BCUT2D eigenvalue weighted by Gasteiger charge is -2.24. The van der Waals surface area contributed by atoms with Crippen LogP contribution in [0.15, 0.2) is 58.8 Å². The Morgan fingerprint density at radius 3 is 2.57 bits per heavy atom. The summed E-state index contributed by atoms with van der Waals surface area (Å²) in [6.07, 6.45) is 2.49. The Hall–Kier alpha value is -2.31. The Morgan fingerprint density at radius 1 is 1.13 bits per heavy atom. The molecule has 0 saturated carbocycles. The number of aromatic nitrogens is 1. The normalized spacial score (nSPS) is 13.6. The third-order valence-electron chi connectivity index (χ3n) is 5.35. The standard InChI is InChI=1S/C24H27N3OS2/c1-18-25-21(16-29-18)17-30-22-11-9-19(10-12-22)24(28)26(2)15-20-7-3-4-8-23(20)27-13-5-6-14-27/h3-4,7-12,16H,5-6,13-15,17H2,1-2H3. The minimum Gasteiger partial charge on any atom is -0.371 e. The molecule has 3 aromatic rings. The predicted octanol–water partition coefficient (Wildman–Crippen LogP) is 5.62. The molecule has 156 valence electrons. The van der Waals surface area contributed by atoms with Crippen LogP contribution in [0.1, 0.15) is 39.5 Å². The van der Waals surface area contributed by atoms with Crippen LogP contribution in [-0.2, 0) is 12.3 Å². The number of benzene rings is 2. The summed E-state index contributed by atoms with van der Waals surface area (Å²) in [7, 11) is 1.89. The highest BCUT2D eigenvalue weighted by Gasteiger charge is 2.18. The molecule has 4 rings (SSSR count). The zero-order valence-electron chi connectivity index (χ0n) is 17.5. The number of nitrogens with zero attached hydrogens (tertiary/aromatic N) is 3. The third kappa shape index (κ3) is 5.05. The van der Waals surface area contributed by atoms with E-state index in [2.05, 4.69) is 39.5 Å². The molecule has 1 aliphatic heterocycles. The van der Waals surface area contributed by atoms with E-state index < -0.39 is 0 Å². The molecule has 1 fully saturated rings. The molecule has 4 nitrogen and oxygen atoms in total. The first-order valence-corrected chi connectivity index (χ1v) is 12.2. The molecule has 2 aromatic carbocycles. The fourth-order valence-corrected chi connectivity index (χ4v) is 5.29. The number of amides is 1. The molecule has 30 heavy (non-hydrogen) atoms. The van der Waals surface area contributed by atoms with Crippen LogP contribution in [0.4, 0.5) is 5.69 Å². The first-order valence-electron chi connectivity index (χ1n) is 10.3. The summed E-state index contributed by atoms with van der Waals surface area (Å²) in [5, 5.41) is 3.20. The molecular formula is C24H27N3OS2. The lowest BCUT2D eigenvalue weighted by molar-refractivity contribution is 0.0785. The molecular weight excluding hydrogens is 410 g/mol. The van der Waals surface area contributed by atoms with Crippen molar-refractivity contribution in [3.8, 4) is 0 Å². The zero-order chi connectivity index (χ0) is 20.9. The summed E-state index contributed by atoms with van der Waals surface area (Å²) in [4.78, 5) is 22.9. The highest BCUT2D eigenvalue weighted by Crippen LogP contribution is 2.27. The zero-order valence-corrected chi connectivity index (χ0v) is 19.1. The number of hydrogen-bond acceptors (Lipinski definition) is 5. The van der Waals surface area contributed by atoms with Gasteiger partial charge in [0.2, 0.25) is 0 Å². The number of para-hydroxylation sites is 1. The van der Waals surface area contributed by atoms with Crippen LogP contribution >= 0.6 is 23.1 Å². The lowest BCUT2D eigenvalue weighted by atomic mass is 10.1. The molecule has 0 unspecified atom stereocenters. The molecule has 1 saturated heterocycles. The Balaban J connectivity index is 1.38. The van der Waals surface area contributed by atoms with Gasteiger partial charge < -0.3 is 9.80 Å². The van der Waals surface area contributed by atoms with E-state index in [4.69, 9.17) is 0 Å². The van der Waals surface area contributed by atoms with Gasteiger partial charge in [-0.1, -0.05) is 18.2 Å². The highest BCUT2D eigenvalue weighted by molar-refractivity contribution is 7.98. The van der Waals surface area contributed by atoms with Crippen molar-refractivity contribution in [3.63, 3.8) is 0 Å². The monoisotopic (exact) mass is 437 g/mol. The quantitative estimate of drug-likeness (QED) is 0.450. The maximum absolute atomic E-state index is 13.0. The Bertz CT molecular complexity index is 994. The number of thiazole rings is 1. The van der Waals surface area contributed by atoms with Gasteiger partial charge in [-0.3, -0.25) is 4.79 Å². The van der Waals surface area contributed by atoms with E-state index in [-0.39, 0.29) is 5.91 Å². The van der Waals surface area contributed by atoms with Crippen LogP contribution in [-0.4, -0.2) is 35.9 Å². The van der Waals surface area contributed by atoms with Crippen molar-refractivity contribution in [1.29, 1.82) is 0 Å². The molecule has 0 bridgehead atoms. The summed E-state index contributed by atoms with van der Waals surface area (Å²) in [5.74, 6) is 0.906. The van der Waals surface area contributed by atoms with Crippen molar-refractivity contribution < 1.29 is 4.79 Å². The summed E-state index contributed by atoms with van der Waals surface area (Å²) in [6, 6.07) is 16.4. The van der Waals surface area contributed by atoms with Crippen LogP contribution in [0.25, 0.3) is 0 Å². The molecule has 0 atom stereocenters. The second-order valence-electron chi connectivity index (χ2n) is 7.65. The van der Waals surface area contributed by atoms with E-state index >= 15 is 0 Å². The molecule has 0 spiro atoms. The largest absolute Gasteiger partial charge is 0.371 e. The van der Waals surface area contributed by atoms with E-state index in [1.165, 1.54) is 24.1 Å². The summed E-state index contributed by atoms with van der Waals surface area (Å²) >= 11 is 3.43. The maximum atomic E-state index is 13.0. The van der Waals surface area contributed by atoms with Crippen molar-refractivity contribution in [2.75, 3.05) is 25.0 Å². The molecule has 0 radical (unpaired) electrons. The second-order valence-corrected chi connectivity index (χ2v) is 9.77. The maximum Gasteiger partial charge on any atom is 0.253 e. The van der Waals surface area contributed by atoms with Gasteiger partial charge in [-0.15, -0.1) is 23.1 Å². The van der Waals surface area contributed by atoms with Crippen molar-refractivity contribution in [2.45, 2.75) is 37.0 Å². The topological polar surface area (TPSA) is 36.4 Å². The summed E-state index contributed by atoms with van der Waals surface area (Å²) in [6.45, 7) is 4.85. The van der Waals surface area contributed by atoms with Crippen molar-refractivity contribution in [2.24, 2.45) is 0 Å². The van der Waals surface area contributed by atoms with Crippen LogP contribution in [0.5, 0.6) is 0 Å². The SMILES string of the molecule is Cc1nc(CSc2ccc(C(=O)N(C)Cc3ccccc3N3CCCC3)cc2)cs1. The van der Waals surface area contributed by atoms with Crippen LogP contribution < -0.4 is 4.90 Å². The van der Waals surface area contributed by atoms with Gasteiger partial charge in [0.1, 0.15) is 0 Å². The van der Waals surface area contributed by atoms with Crippen molar-refractivity contribution in [1.82, 2.24) is 9.88 Å². The van der Waals surface area contributed by atoms with Crippen molar-refractivity contribution >= 4 is 34.7 Å². The smallest absolute Gasteiger partial charge is 0.253 e. The van der Waals surface area contributed by atoms with Gasteiger partial charge in [-0.2, -0.15) is 0 Å². The van der Waals surface area contributed by atoms with Gasteiger partial charge >= 0.3 is 0 Å². The number of carbonyl (C=O) groups excluding carboxylic acids is 1. The second kappa shape index (κ2) is 9.67. The van der Waals surface area contributed by atoms with Gasteiger partial charge in [-0.05, 0) is 55.7 Å². The van der Waals surface area contributed by atoms with Crippen LogP contribution in [0.2, 0.25) is 0 Å². The van der Waals surface area contributed by atoms with E-state index in [1.807, 2.05) is 43.1 Å². The highest BCUT2D eigenvalue weighted by atomic mass is 32.2. The van der Waals surface area contributed by atoms with E-state index in [1.54, 1.807) is 23.1 Å². The number of aryl methyl sites for hydroxylation is 1. The van der Waals surface area contributed by atoms with Gasteiger partial charge in [0, 0.05) is 54.0 Å². The molecule has 2 heterocycles. The molecule has 1 aliphatic rings. The molecule has 0 aliphatic carbocycles. The van der Waals surface area contributed by atoms with Crippen LogP contribution in [0.3, 0.4) is 0 Å². The number of thioether (sulfide) groups is 1. The molecule has 1 aromatic heterocycles. The van der Waals surface area contributed by atoms with E-state index in [9.17, 15) is 4.79 Å². The van der Waals surface area contributed by atoms with Gasteiger partial charge in [-0.25, -0.2) is 4.98 Å². The van der Waals surface area contributed by atoms with Gasteiger partial charge in [0.25, 0.3) is 5.91 Å². The van der Waals surface area contributed by atoms with E-state index in [0.29, 0.717) is 6.54 Å².